The van der Waals surface area contributed by atoms with Gasteiger partial charge in [0.05, 0.1) is 29.4 Å². The molecule has 0 saturated heterocycles. The standard InChI is InChI=1S/C46H50N4O7/c1-26-4-7-33(40(54)18-26)41(55)21-29(51)6-5-27-20-43-42(22-39(27)53)56-17-15-46(13-2-3-14-46)36-10-11-38(52)31-8-9-32-30(12-16-48-44(32)47)34(31)19-28-23-49-37-25-50(24-35(28)37)45(36)57-43/h4,7-9,20,22-24,26,33,36,38,40-41,44-45,48,52-55H,2-3,5-6,12-14,16,18-19,21,25,47H2,1H3/p+1/t26-,33+,36+,38-,40+,41-,44-,45-/m0/s1. The first-order valence-corrected chi connectivity index (χ1v) is 20.5. The Morgan fingerprint density at radius 1 is 1.12 bits per heavy atom. The average Bonchev–Trinajstić information content (AvgIpc) is 3.93. The third-order valence-electron chi connectivity index (χ3n) is 13.2. The van der Waals surface area contributed by atoms with Crippen molar-refractivity contribution in [3.05, 3.63) is 87.8 Å². The molecule has 5 aliphatic heterocycles. The third kappa shape index (κ3) is 7.12. The van der Waals surface area contributed by atoms with Crippen molar-refractivity contribution in [2.24, 2.45) is 33.9 Å². The smallest absolute Gasteiger partial charge is 0.252 e. The van der Waals surface area contributed by atoms with Crippen molar-refractivity contribution in [2.45, 2.75) is 102 Å². The fourth-order valence-corrected chi connectivity index (χ4v) is 10.1. The Kier molecular flexibility index (Phi) is 10.1. The van der Waals surface area contributed by atoms with Crippen LogP contribution in [0.2, 0.25) is 0 Å². The van der Waals surface area contributed by atoms with Gasteiger partial charge >= 0.3 is 0 Å². The lowest BCUT2D eigenvalue weighted by Crippen LogP contribution is -3.13. The molecule has 11 heteroatoms. The average molecular weight is 772 g/mol. The van der Waals surface area contributed by atoms with Gasteiger partial charge in [-0.15, -0.1) is 0 Å². The molecular formula is C46H51N4O7+. The number of Topliss-reactive ketones (excluding diaryl/α,β-unsaturated/α-hetero) is 1. The molecule has 5 heterocycles. The maximum Gasteiger partial charge on any atom is 0.252 e. The summed E-state index contributed by atoms with van der Waals surface area (Å²) in [4.78, 5) is 19.1. The van der Waals surface area contributed by atoms with E-state index in [0.29, 0.717) is 30.7 Å². The Hall–Kier alpha value is -4.72. The summed E-state index contributed by atoms with van der Waals surface area (Å²) in [5.41, 5.74) is 13.6. The fourth-order valence-electron chi connectivity index (χ4n) is 10.1. The number of aryl methyl sites for hydroxylation is 1. The Balaban J connectivity index is 1.06. The lowest BCUT2D eigenvalue weighted by molar-refractivity contribution is -0.888. The zero-order valence-electron chi connectivity index (χ0n) is 32.3. The molecule has 2 aromatic rings. The number of quaternary nitrogens is 1. The fraction of sp³-hybridized carbons (Fsp3) is 0.478. The zero-order valence-corrected chi connectivity index (χ0v) is 32.3. The van der Waals surface area contributed by atoms with Crippen molar-refractivity contribution in [2.75, 3.05) is 13.1 Å². The van der Waals surface area contributed by atoms with Crippen LogP contribution in [0.4, 0.5) is 0 Å². The first-order chi connectivity index (χ1) is 27.6. The summed E-state index contributed by atoms with van der Waals surface area (Å²) in [5.74, 6) is 10.0. The molecule has 2 bridgehead atoms. The Bertz CT molecular complexity index is 2230. The van der Waals surface area contributed by atoms with Crippen molar-refractivity contribution in [3.8, 4) is 41.1 Å². The number of nitrogens with one attached hydrogen (secondary N) is 2. The molecule has 1 unspecified atom stereocenters. The zero-order chi connectivity index (χ0) is 39.4. The van der Waals surface area contributed by atoms with E-state index < -0.39 is 41.8 Å². The molecule has 1 fully saturated rings. The van der Waals surface area contributed by atoms with E-state index in [4.69, 9.17) is 20.2 Å². The second-order valence-electron chi connectivity index (χ2n) is 17.0. The number of ether oxygens (including phenoxy) is 2. The van der Waals surface area contributed by atoms with Gasteiger partial charge in [0, 0.05) is 44.0 Å². The van der Waals surface area contributed by atoms with Crippen molar-refractivity contribution in [3.63, 3.8) is 0 Å². The minimum absolute atomic E-state index is 0.0491. The minimum Gasteiger partial charge on any atom is -0.508 e. The summed E-state index contributed by atoms with van der Waals surface area (Å²) >= 11 is 0. The summed E-state index contributed by atoms with van der Waals surface area (Å²) in [7, 11) is 0. The van der Waals surface area contributed by atoms with Gasteiger partial charge in [-0.25, -0.2) is 0 Å². The lowest BCUT2D eigenvalue weighted by atomic mass is 9.73. The van der Waals surface area contributed by atoms with Gasteiger partial charge in [-0.1, -0.05) is 61.8 Å². The van der Waals surface area contributed by atoms with E-state index in [1.165, 1.54) is 6.07 Å². The van der Waals surface area contributed by atoms with Crippen LogP contribution in [0.5, 0.6) is 17.2 Å². The first-order valence-electron chi connectivity index (χ1n) is 20.5. The molecule has 0 amide bonds. The number of nitrogens with two attached hydrogens (primary N) is 1. The number of phenolic OH excluding ortho intramolecular Hbond substituents is 1. The highest BCUT2D eigenvalue weighted by Gasteiger charge is 2.51. The molecular weight excluding hydrogens is 721 g/mol. The first kappa shape index (κ1) is 37.8. The van der Waals surface area contributed by atoms with Gasteiger partial charge in [0.25, 0.3) is 6.23 Å². The van der Waals surface area contributed by atoms with Crippen LogP contribution in [0.1, 0.15) is 92.0 Å². The van der Waals surface area contributed by atoms with Crippen LogP contribution >= 0.6 is 0 Å². The number of rotatable bonds is 6. The number of aliphatic hydroxyl groups is 3. The molecule has 1 saturated carbocycles. The van der Waals surface area contributed by atoms with Crippen LogP contribution < -0.4 is 25.4 Å². The summed E-state index contributed by atoms with van der Waals surface area (Å²) in [6, 6.07) is 7.19. The van der Waals surface area contributed by atoms with Gasteiger partial charge in [0.2, 0.25) is 0 Å². The number of hydrogen-bond acceptors (Lipinski definition) is 10. The Morgan fingerprint density at radius 2 is 1.95 bits per heavy atom. The number of aliphatic imine (C=N–C) groups is 1. The highest BCUT2D eigenvalue weighted by molar-refractivity contribution is 6.08. The highest BCUT2D eigenvalue weighted by Crippen LogP contribution is 2.47. The molecule has 9 rings (SSSR count). The van der Waals surface area contributed by atoms with Gasteiger partial charge in [0.15, 0.2) is 11.5 Å². The number of aliphatic hydroxyl groups excluding tert-OH is 3. The van der Waals surface area contributed by atoms with Crippen LogP contribution in [-0.4, -0.2) is 63.4 Å². The molecule has 9 atom stereocenters. The number of aromatic hydroxyl groups is 1. The number of benzene rings is 2. The molecule has 2 aromatic carbocycles. The summed E-state index contributed by atoms with van der Waals surface area (Å²) < 4.78 is 13.1. The molecule has 57 heavy (non-hydrogen) atoms. The van der Waals surface area contributed by atoms with E-state index in [-0.39, 0.29) is 48.6 Å². The van der Waals surface area contributed by atoms with E-state index in [1.807, 2.05) is 37.4 Å². The van der Waals surface area contributed by atoms with Crippen molar-refractivity contribution in [1.82, 2.24) is 5.32 Å². The molecule has 8 N–H and O–H groups in total. The number of carbonyl (C=O) groups excluding carboxylic acids is 1. The lowest BCUT2D eigenvalue weighted by Gasteiger charge is -2.36. The van der Waals surface area contributed by atoms with Crippen molar-refractivity contribution < 1.29 is 39.6 Å². The minimum atomic E-state index is -1.06. The van der Waals surface area contributed by atoms with E-state index in [0.717, 1.165) is 82.7 Å². The number of phenols is 1. The largest absolute Gasteiger partial charge is 0.508 e. The van der Waals surface area contributed by atoms with E-state index in [9.17, 15) is 25.2 Å². The molecule has 2 aliphatic carbocycles. The topological polar surface area (TPSA) is 171 Å². The van der Waals surface area contributed by atoms with Crippen LogP contribution in [-0.2, 0) is 24.1 Å². The summed E-state index contributed by atoms with van der Waals surface area (Å²) in [6.45, 7) is 3.33. The number of carbonyl (C=O) groups is 1. The number of allylic oxidation sites excluding steroid dienone is 2. The van der Waals surface area contributed by atoms with E-state index >= 15 is 0 Å². The summed E-state index contributed by atoms with van der Waals surface area (Å²) in [6.07, 6.45) is 12.9. The van der Waals surface area contributed by atoms with Gasteiger partial charge in [-0.3, -0.25) is 20.0 Å². The van der Waals surface area contributed by atoms with Gasteiger partial charge < -0.3 is 35.6 Å². The SMILES string of the molecule is C[C@H]1C=C[C@@H]([C@@H](O)CC(=O)CCc2cc3c(cc2O)OC#CC2(CCCC2)[C@@H]2C#C[C@H](O)c4ccc5c(c4CC4=CN=C6C[NH+](C=C46)[C@H]2O3)CCN[C@@H]5N)[C@H](O)C1. The number of ketones is 1. The molecule has 7 aliphatic rings. The van der Waals surface area contributed by atoms with Gasteiger partial charge in [-0.2, -0.15) is 0 Å². The molecule has 11 nitrogen and oxygen atoms in total. The second kappa shape index (κ2) is 15.2. The third-order valence-corrected chi connectivity index (χ3v) is 13.2. The number of fused-ring (bicyclic) bond motifs is 8. The van der Waals surface area contributed by atoms with Crippen LogP contribution in [0, 0.1) is 47.0 Å². The van der Waals surface area contributed by atoms with Crippen LogP contribution in [0.15, 0.2) is 65.0 Å². The predicted octanol–water partition coefficient (Wildman–Crippen LogP) is 2.97. The maximum absolute atomic E-state index is 13.1. The van der Waals surface area contributed by atoms with E-state index in [1.54, 1.807) is 6.07 Å². The van der Waals surface area contributed by atoms with Crippen molar-refractivity contribution >= 4 is 11.5 Å². The Morgan fingerprint density at radius 3 is 2.77 bits per heavy atom. The predicted molar refractivity (Wildman–Crippen MR) is 213 cm³/mol. The quantitative estimate of drug-likeness (QED) is 0.172. The monoisotopic (exact) mass is 771 g/mol. The highest BCUT2D eigenvalue weighted by atomic mass is 16.5. The Labute approximate surface area is 333 Å². The normalized spacial score (nSPS) is 30.8. The molecule has 0 radical (unpaired) electrons. The maximum atomic E-state index is 13.1. The molecule has 296 valence electrons. The van der Waals surface area contributed by atoms with Gasteiger partial charge in [0.1, 0.15) is 48.1 Å². The van der Waals surface area contributed by atoms with E-state index in [2.05, 4.69) is 35.4 Å². The van der Waals surface area contributed by atoms with Crippen LogP contribution in [0.3, 0.4) is 0 Å². The van der Waals surface area contributed by atoms with Crippen molar-refractivity contribution in [1.29, 1.82) is 0 Å². The number of hydrogen-bond donors (Lipinski definition) is 7. The summed E-state index contributed by atoms with van der Waals surface area (Å²) in [5, 5.41) is 47.8. The molecule has 1 spiro atoms. The van der Waals surface area contributed by atoms with Gasteiger partial charge in [-0.05, 0) is 77.5 Å². The second-order valence-corrected chi connectivity index (χ2v) is 17.0. The van der Waals surface area contributed by atoms with Crippen LogP contribution in [0.25, 0.3) is 0 Å². The molecule has 0 aromatic heterocycles. The number of nitrogens with zero attached hydrogens (tertiary/aromatic N) is 1.